The molecule has 2 atom stereocenters. The fourth-order valence-corrected chi connectivity index (χ4v) is 5.51. The lowest BCUT2D eigenvalue weighted by molar-refractivity contribution is 0.0480. The average molecular weight is 570 g/mol. The van der Waals surface area contributed by atoms with Gasteiger partial charge in [0.25, 0.3) is 0 Å². The maximum Gasteiger partial charge on any atom is 0.408 e. The molecule has 0 radical (unpaired) electrons. The Hall–Kier alpha value is -3.14. The Balaban J connectivity index is 1.24. The number of carbonyl (C=O) groups excluding carboxylic acids is 2. The molecule has 3 heterocycles. The number of Topliss-reactive ketones (excluding diaryl/α,β-unsaturated/α-hetero) is 1. The molecule has 4 rings (SSSR count). The van der Waals surface area contributed by atoms with E-state index in [1.165, 1.54) is 0 Å². The first-order valence-electron chi connectivity index (χ1n) is 15.1. The summed E-state index contributed by atoms with van der Waals surface area (Å²) in [5.74, 6) is 2.31. The molecule has 1 aromatic carbocycles. The summed E-state index contributed by atoms with van der Waals surface area (Å²) >= 11 is 0. The molecular formula is C31H47N5O5. The largest absolute Gasteiger partial charge is 0.494 e. The van der Waals surface area contributed by atoms with Crippen molar-refractivity contribution < 1.29 is 23.6 Å². The smallest absolute Gasteiger partial charge is 0.408 e. The molecule has 1 aromatic heterocycles. The zero-order valence-corrected chi connectivity index (χ0v) is 25.5. The molecule has 1 unspecified atom stereocenters. The van der Waals surface area contributed by atoms with E-state index in [9.17, 15) is 9.59 Å². The van der Waals surface area contributed by atoms with Crippen molar-refractivity contribution in [1.29, 1.82) is 0 Å². The van der Waals surface area contributed by atoms with Crippen molar-refractivity contribution in [2.45, 2.75) is 104 Å². The molecule has 2 aliphatic heterocycles. The highest BCUT2D eigenvalue weighted by Crippen LogP contribution is 2.27. The van der Waals surface area contributed by atoms with Crippen LogP contribution in [0.5, 0.6) is 5.75 Å². The lowest BCUT2D eigenvalue weighted by Gasteiger charge is -2.30. The highest BCUT2D eigenvalue weighted by atomic mass is 16.6. The van der Waals surface area contributed by atoms with E-state index in [0.29, 0.717) is 24.1 Å². The number of nitrogens with zero attached hydrogens (tertiary/aromatic N) is 3. The summed E-state index contributed by atoms with van der Waals surface area (Å²) in [7, 11) is 0. The molecule has 41 heavy (non-hydrogen) atoms. The molecule has 0 aliphatic carbocycles. The molecule has 0 spiro atoms. The van der Waals surface area contributed by atoms with Crippen molar-refractivity contribution in [2.75, 3.05) is 31.1 Å². The number of benzene rings is 1. The van der Waals surface area contributed by atoms with Gasteiger partial charge in [0.1, 0.15) is 17.4 Å². The quantitative estimate of drug-likeness (QED) is 0.271. The third-order valence-corrected chi connectivity index (χ3v) is 7.78. The van der Waals surface area contributed by atoms with Gasteiger partial charge in [-0.1, -0.05) is 19.0 Å². The van der Waals surface area contributed by atoms with Crippen LogP contribution >= 0.6 is 0 Å². The van der Waals surface area contributed by atoms with Gasteiger partial charge in [-0.2, -0.15) is 4.98 Å². The topological polar surface area (TPSA) is 119 Å². The van der Waals surface area contributed by atoms with Crippen LogP contribution in [-0.4, -0.2) is 65.9 Å². The molecular weight excluding hydrogens is 522 g/mol. The highest BCUT2D eigenvalue weighted by molar-refractivity contribution is 6.03. The third-order valence-electron chi connectivity index (χ3n) is 7.78. The van der Waals surface area contributed by atoms with Crippen LogP contribution < -0.4 is 20.3 Å². The lowest BCUT2D eigenvalue weighted by atomic mass is 9.92. The maximum absolute atomic E-state index is 13.6. The fourth-order valence-electron chi connectivity index (χ4n) is 5.51. The summed E-state index contributed by atoms with van der Waals surface area (Å²) in [6.45, 7) is 14.8. The zero-order valence-electron chi connectivity index (χ0n) is 25.5. The van der Waals surface area contributed by atoms with E-state index in [1.54, 1.807) is 0 Å². The number of hydrogen-bond donors (Lipinski definition) is 2. The summed E-state index contributed by atoms with van der Waals surface area (Å²) in [4.78, 5) is 32.8. The average Bonchev–Trinajstić information content (AvgIpc) is 3.62. The van der Waals surface area contributed by atoms with Gasteiger partial charge in [0, 0.05) is 30.6 Å². The molecule has 1 amide bonds. The zero-order chi connectivity index (χ0) is 29.6. The Bertz CT molecular complexity index is 1160. The van der Waals surface area contributed by atoms with Gasteiger partial charge in [0.15, 0.2) is 11.6 Å². The second-order valence-corrected chi connectivity index (χ2v) is 12.7. The molecule has 10 nitrogen and oxygen atoms in total. The Morgan fingerprint density at radius 1 is 1.20 bits per heavy atom. The van der Waals surface area contributed by atoms with Crippen molar-refractivity contribution in [3.63, 3.8) is 0 Å². The van der Waals surface area contributed by atoms with Crippen LogP contribution in [0.4, 0.5) is 10.8 Å². The molecule has 2 fully saturated rings. The van der Waals surface area contributed by atoms with E-state index in [0.717, 1.165) is 75.3 Å². The van der Waals surface area contributed by atoms with Crippen molar-refractivity contribution in [2.24, 2.45) is 5.92 Å². The van der Waals surface area contributed by atoms with E-state index in [1.807, 2.05) is 45.9 Å². The Morgan fingerprint density at radius 3 is 2.56 bits per heavy atom. The van der Waals surface area contributed by atoms with E-state index in [-0.39, 0.29) is 17.7 Å². The van der Waals surface area contributed by atoms with Crippen LogP contribution in [0.2, 0.25) is 0 Å². The Kier molecular flexibility index (Phi) is 10.3. The van der Waals surface area contributed by atoms with Crippen LogP contribution in [0.25, 0.3) is 0 Å². The number of ether oxygens (including phenoxy) is 2. The minimum absolute atomic E-state index is 0.119. The second-order valence-electron chi connectivity index (χ2n) is 12.7. The van der Waals surface area contributed by atoms with E-state index >= 15 is 0 Å². The maximum atomic E-state index is 13.6. The standard InChI is InChI=1S/C31H47N5O5/c1-20(2)28-34-29(41-35-28)36-16-13-22(14-17-36)9-8-18-39-23-11-12-24(21(3)19-23)27(37)26(25-10-7-15-32-25)33-30(38)40-31(4,5)6/h11-12,19-20,22,25-26,32H,7-10,13-18H2,1-6H3,(H,33,38)/t25?,26-/m1/s1. The molecule has 10 heteroatoms. The first-order chi connectivity index (χ1) is 19.5. The summed E-state index contributed by atoms with van der Waals surface area (Å²) in [5, 5.41) is 10.3. The number of piperidine rings is 1. The van der Waals surface area contributed by atoms with Crippen LogP contribution in [0.15, 0.2) is 22.7 Å². The fraction of sp³-hybridized carbons (Fsp3) is 0.677. The van der Waals surface area contributed by atoms with Crippen molar-refractivity contribution in [3.05, 3.63) is 35.2 Å². The number of rotatable bonds is 11. The predicted molar refractivity (Wildman–Crippen MR) is 158 cm³/mol. The molecule has 0 bridgehead atoms. The van der Waals surface area contributed by atoms with Crippen LogP contribution in [0.1, 0.15) is 101 Å². The lowest BCUT2D eigenvalue weighted by Crippen LogP contribution is -2.53. The van der Waals surface area contributed by atoms with Gasteiger partial charge in [-0.05, 0) is 102 Å². The number of alkyl carbamates (subject to hydrolysis) is 1. The molecule has 2 N–H and O–H groups in total. The number of nitrogens with one attached hydrogen (secondary N) is 2. The molecule has 226 valence electrons. The normalized spacial score (nSPS) is 18.9. The van der Waals surface area contributed by atoms with Crippen LogP contribution in [0, 0.1) is 12.8 Å². The minimum atomic E-state index is -0.693. The summed E-state index contributed by atoms with van der Waals surface area (Å²) < 4.78 is 16.9. The number of aromatic nitrogens is 2. The van der Waals surface area contributed by atoms with Crippen molar-refractivity contribution >= 4 is 17.9 Å². The summed E-state index contributed by atoms with van der Waals surface area (Å²) in [6, 6.07) is 5.39. The minimum Gasteiger partial charge on any atom is -0.494 e. The molecule has 2 saturated heterocycles. The number of ketones is 1. The Morgan fingerprint density at radius 2 is 1.95 bits per heavy atom. The Labute approximate surface area is 243 Å². The van der Waals surface area contributed by atoms with Crippen molar-refractivity contribution in [1.82, 2.24) is 20.8 Å². The summed E-state index contributed by atoms with van der Waals surface area (Å²) in [5.41, 5.74) is 0.774. The molecule has 2 aromatic rings. The van der Waals surface area contributed by atoms with E-state index in [4.69, 9.17) is 14.0 Å². The van der Waals surface area contributed by atoms with Crippen LogP contribution in [-0.2, 0) is 4.74 Å². The van der Waals surface area contributed by atoms with Gasteiger partial charge in [-0.25, -0.2) is 4.79 Å². The van der Waals surface area contributed by atoms with Gasteiger partial charge in [-0.15, -0.1) is 0 Å². The SMILES string of the molecule is Cc1cc(OCCCC2CCN(c3nc(C(C)C)no3)CC2)ccc1C(=O)[C@H](NC(=O)OC(C)(C)C)C1CCCN1. The number of anilines is 1. The third kappa shape index (κ3) is 8.67. The van der Waals surface area contributed by atoms with Gasteiger partial charge in [0.05, 0.1) is 6.61 Å². The van der Waals surface area contributed by atoms with E-state index < -0.39 is 17.7 Å². The number of aryl methyl sites for hydroxylation is 1. The van der Waals surface area contributed by atoms with Gasteiger partial charge >= 0.3 is 12.1 Å². The predicted octanol–water partition coefficient (Wildman–Crippen LogP) is 5.41. The summed E-state index contributed by atoms with van der Waals surface area (Å²) in [6.07, 6.45) is 5.49. The number of hydrogen-bond acceptors (Lipinski definition) is 9. The number of amides is 1. The van der Waals surface area contributed by atoms with E-state index in [2.05, 4.69) is 39.5 Å². The highest BCUT2D eigenvalue weighted by Gasteiger charge is 2.34. The second kappa shape index (κ2) is 13.7. The van der Waals surface area contributed by atoms with Gasteiger partial charge in [-0.3, -0.25) is 4.79 Å². The monoisotopic (exact) mass is 569 g/mol. The first-order valence-corrected chi connectivity index (χ1v) is 15.1. The van der Waals surface area contributed by atoms with Crippen LogP contribution in [0.3, 0.4) is 0 Å². The van der Waals surface area contributed by atoms with Gasteiger partial charge in [0.2, 0.25) is 0 Å². The first kappa shape index (κ1) is 30.8. The molecule has 2 aliphatic rings. The van der Waals surface area contributed by atoms with Gasteiger partial charge < -0.3 is 29.5 Å². The van der Waals surface area contributed by atoms with Crippen molar-refractivity contribution in [3.8, 4) is 5.75 Å². The number of carbonyl (C=O) groups is 2. The molecule has 0 saturated carbocycles.